The summed E-state index contributed by atoms with van der Waals surface area (Å²) in [6, 6.07) is 0. The molecule has 1 rings (SSSR count). The minimum Gasteiger partial charge on any atom is -0.468 e. The third kappa shape index (κ3) is 3.17. The molecule has 1 aliphatic rings. The van der Waals surface area contributed by atoms with Gasteiger partial charge in [0.05, 0.1) is 7.11 Å². The van der Waals surface area contributed by atoms with E-state index in [-0.39, 0.29) is 19.1 Å². The Morgan fingerprint density at radius 2 is 2.24 bits per heavy atom. The summed E-state index contributed by atoms with van der Waals surface area (Å²) in [5, 5.41) is 7.87. The van der Waals surface area contributed by atoms with Crippen LogP contribution in [0.15, 0.2) is 0 Å². The Bertz CT molecular complexity index is 367. The molecule has 0 aliphatic carbocycles. The molecule has 17 heavy (non-hydrogen) atoms. The molecule has 0 aromatic rings. The maximum Gasteiger partial charge on any atom is 0.325 e. The van der Waals surface area contributed by atoms with Crippen molar-refractivity contribution < 1.29 is 23.1 Å². The summed E-state index contributed by atoms with van der Waals surface area (Å²) in [6.07, 6.45) is 1.52. The monoisotopic (exact) mass is 265 g/mol. The largest absolute Gasteiger partial charge is 0.468 e. The zero-order valence-electron chi connectivity index (χ0n) is 10.1. The molecule has 2 unspecified atom stereocenters. The van der Waals surface area contributed by atoms with Gasteiger partial charge in [0.15, 0.2) is 5.25 Å². The molecule has 2 atom stereocenters. The molecule has 1 saturated heterocycles. The fraction of sp³-hybridized carbons (Fsp3) is 0.900. The summed E-state index contributed by atoms with van der Waals surface area (Å²) in [5.41, 5.74) is 0. The Hall–Kier alpha value is -0.660. The predicted octanol–water partition coefficient (Wildman–Crippen LogP) is -0.418. The lowest BCUT2D eigenvalue weighted by Gasteiger charge is -2.32. The highest BCUT2D eigenvalue weighted by Crippen LogP contribution is 2.21. The van der Waals surface area contributed by atoms with Crippen molar-refractivity contribution in [2.45, 2.75) is 25.0 Å². The molecule has 1 heterocycles. The SMILES string of the molecule is COC(=O)C(C)S(=O)(=O)N1CCCC(CO)C1. The topological polar surface area (TPSA) is 83.9 Å². The number of aliphatic hydroxyl groups is 1. The van der Waals surface area contributed by atoms with E-state index in [1.54, 1.807) is 0 Å². The molecule has 0 aromatic heterocycles. The Morgan fingerprint density at radius 3 is 2.76 bits per heavy atom. The van der Waals surface area contributed by atoms with E-state index in [0.717, 1.165) is 6.42 Å². The van der Waals surface area contributed by atoms with Crippen LogP contribution in [-0.2, 0) is 19.6 Å². The number of sulfonamides is 1. The molecule has 0 radical (unpaired) electrons. The van der Waals surface area contributed by atoms with Crippen molar-refractivity contribution in [3.8, 4) is 0 Å². The van der Waals surface area contributed by atoms with E-state index in [4.69, 9.17) is 5.11 Å². The van der Waals surface area contributed by atoms with E-state index in [0.29, 0.717) is 13.0 Å². The first-order valence-electron chi connectivity index (χ1n) is 5.61. The second kappa shape index (κ2) is 5.79. The average molecular weight is 265 g/mol. The number of aliphatic hydroxyl groups excluding tert-OH is 1. The fourth-order valence-corrected chi connectivity index (χ4v) is 3.51. The lowest BCUT2D eigenvalue weighted by molar-refractivity contribution is -0.139. The van der Waals surface area contributed by atoms with Crippen molar-refractivity contribution in [3.05, 3.63) is 0 Å². The number of ether oxygens (including phenoxy) is 1. The van der Waals surface area contributed by atoms with Gasteiger partial charge in [0.2, 0.25) is 10.0 Å². The second-order valence-corrected chi connectivity index (χ2v) is 6.51. The van der Waals surface area contributed by atoms with Gasteiger partial charge >= 0.3 is 5.97 Å². The van der Waals surface area contributed by atoms with E-state index in [9.17, 15) is 13.2 Å². The van der Waals surface area contributed by atoms with E-state index in [1.165, 1.54) is 18.3 Å². The standard InChI is InChI=1S/C10H19NO5S/c1-8(10(13)16-2)17(14,15)11-5-3-4-9(6-11)7-12/h8-9,12H,3-7H2,1-2H3. The smallest absolute Gasteiger partial charge is 0.325 e. The van der Waals surface area contributed by atoms with Crippen LogP contribution in [0.1, 0.15) is 19.8 Å². The summed E-state index contributed by atoms with van der Waals surface area (Å²) in [5.74, 6) is -0.792. The summed E-state index contributed by atoms with van der Waals surface area (Å²) < 4.78 is 29.9. The number of carbonyl (C=O) groups excluding carboxylic acids is 1. The van der Waals surface area contributed by atoms with Crippen LogP contribution in [0.5, 0.6) is 0 Å². The molecular formula is C10H19NO5S. The number of carbonyl (C=O) groups is 1. The van der Waals surface area contributed by atoms with Gasteiger partial charge in [-0.3, -0.25) is 4.79 Å². The fourth-order valence-electron chi connectivity index (χ4n) is 1.92. The third-order valence-corrected chi connectivity index (χ3v) is 5.22. The normalized spacial score (nSPS) is 24.3. The molecule has 1 fully saturated rings. The number of esters is 1. The molecule has 0 saturated carbocycles. The lowest BCUT2D eigenvalue weighted by atomic mass is 10.0. The van der Waals surface area contributed by atoms with Crippen molar-refractivity contribution in [2.75, 3.05) is 26.8 Å². The van der Waals surface area contributed by atoms with Gasteiger partial charge < -0.3 is 9.84 Å². The van der Waals surface area contributed by atoms with Crippen LogP contribution in [0, 0.1) is 5.92 Å². The number of nitrogens with zero attached hydrogens (tertiary/aromatic N) is 1. The molecule has 0 aromatic carbocycles. The molecule has 100 valence electrons. The van der Waals surface area contributed by atoms with Crippen molar-refractivity contribution in [3.63, 3.8) is 0 Å². The number of rotatable bonds is 4. The molecule has 6 nitrogen and oxygen atoms in total. The Morgan fingerprint density at radius 1 is 1.59 bits per heavy atom. The van der Waals surface area contributed by atoms with Crippen molar-refractivity contribution in [1.82, 2.24) is 4.31 Å². The highest BCUT2D eigenvalue weighted by Gasteiger charge is 2.36. The minimum atomic E-state index is -3.67. The van der Waals surface area contributed by atoms with E-state index >= 15 is 0 Å². The van der Waals surface area contributed by atoms with Crippen LogP contribution < -0.4 is 0 Å². The average Bonchev–Trinajstić information content (AvgIpc) is 2.36. The Kier molecular flexibility index (Phi) is 4.91. The molecule has 1 N–H and O–H groups in total. The molecule has 0 spiro atoms. The van der Waals surface area contributed by atoms with Crippen LogP contribution in [-0.4, -0.2) is 55.9 Å². The van der Waals surface area contributed by atoms with Gasteiger partial charge in [-0.15, -0.1) is 0 Å². The van der Waals surface area contributed by atoms with Gasteiger partial charge in [-0.1, -0.05) is 0 Å². The van der Waals surface area contributed by atoms with Crippen LogP contribution in [0.2, 0.25) is 0 Å². The first-order valence-corrected chi connectivity index (χ1v) is 7.11. The summed E-state index contributed by atoms with van der Waals surface area (Å²) >= 11 is 0. The Balaban J connectivity index is 2.79. The number of methoxy groups -OCH3 is 1. The van der Waals surface area contributed by atoms with Crippen molar-refractivity contribution >= 4 is 16.0 Å². The number of hydrogen-bond donors (Lipinski definition) is 1. The molecule has 1 aliphatic heterocycles. The van der Waals surface area contributed by atoms with E-state index in [1.807, 2.05) is 0 Å². The van der Waals surface area contributed by atoms with Gasteiger partial charge in [0.1, 0.15) is 0 Å². The lowest BCUT2D eigenvalue weighted by Crippen LogP contribution is -2.46. The highest BCUT2D eigenvalue weighted by molar-refractivity contribution is 7.90. The third-order valence-electron chi connectivity index (χ3n) is 3.08. The van der Waals surface area contributed by atoms with Crippen molar-refractivity contribution in [1.29, 1.82) is 0 Å². The maximum absolute atomic E-state index is 12.1. The first-order chi connectivity index (χ1) is 7.93. The van der Waals surface area contributed by atoms with E-state index in [2.05, 4.69) is 4.74 Å². The summed E-state index contributed by atoms with van der Waals surface area (Å²) in [7, 11) is -2.50. The Labute approximate surface area is 102 Å². The van der Waals surface area contributed by atoms with Gasteiger partial charge in [-0.2, -0.15) is 0 Å². The van der Waals surface area contributed by atoms with Crippen LogP contribution in [0.25, 0.3) is 0 Å². The van der Waals surface area contributed by atoms with Crippen LogP contribution >= 0.6 is 0 Å². The number of hydrogen-bond acceptors (Lipinski definition) is 5. The van der Waals surface area contributed by atoms with Gasteiger partial charge in [-0.05, 0) is 25.7 Å². The van der Waals surface area contributed by atoms with E-state index < -0.39 is 21.2 Å². The second-order valence-electron chi connectivity index (χ2n) is 4.26. The summed E-state index contributed by atoms with van der Waals surface area (Å²) in [4.78, 5) is 11.3. The van der Waals surface area contributed by atoms with Crippen LogP contribution in [0.4, 0.5) is 0 Å². The first kappa shape index (κ1) is 14.4. The number of piperidine rings is 1. The van der Waals surface area contributed by atoms with Crippen molar-refractivity contribution in [2.24, 2.45) is 5.92 Å². The maximum atomic E-state index is 12.1. The molecular weight excluding hydrogens is 246 g/mol. The zero-order chi connectivity index (χ0) is 13.1. The minimum absolute atomic E-state index is 0.0291. The quantitative estimate of drug-likeness (QED) is 0.698. The zero-order valence-corrected chi connectivity index (χ0v) is 10.9. The molecule has 0 amide bonds. The molecule has 7 heteroatoms. The van der Waals surface area contributed by atoms with Gasteiger partial charge in [-0.25, -0.2) is 12.7 Å². The summed E-state index contributed by atoms with van der Waals surface area (Å²) in [6.45, 7) is 1.97. The van der Waals surface area contributed by atoms with Gasteiger partial charge in [0, 0.05) is 19.7 Å². The van der Waals surface area contributed by atoms with Crippen LogP contribution in [0.3, 0.4) is 0 Å². The highest BCUT2D eigenvalue weighted by atomic mass is 32.2. The molecule has 0 bridgehead atoms. The van der Waals surface area contributed by atoms with Gasteiger partial charge in [0.25, 0.3) is 0 Å². The predicted molar refractivity (Wildman–Crippen MR) is 61.8 cm³/mol.